The minimum absolute atomic E-state index is 0.0207. The number of carbonyl (C=O) groups excluding carboxylic acids is 2. The zero-order valence-electron chi connectivity index (χ0n) is 17.8. The van der Waals surface area contributed by atoms with E-state index in [2.05, 4.69) is 10.6 Å². The van der Waals surface area contributed by atoms with Crippen molar-refractivity contribution in [1.29, 1.82) is 0 Å². The van der Waals surface area contributed by atoms with Crippen molar-refractivity contribution in [3.05, 3.63) is 60.2 Å². The maximum Gasteiger partial charge on any atom is 0.243 e. The van der Waals surface area contributed by atoms with Crippen LogP contribution in [0.4, 0.5) is 5.69 Å². The van der Waals surface area contributed by atoms with E-state index in [0.717, 1.165) is 30.6 Å². The Morgan fingerprint density at radius 2 is 1.48 bits per heavy atom. The molecular weight excluding hydrogens is 388 g/mol. The minimum Gasteiger partial charge on any atom is -0.489 e. The van der Waals surface area contributed by atoms with E-state index in [0.29, 0.717) is 30.0 Å². The van der Waals surface area contributed by atoms with Crippen LogP contribution < -0.4 is 15.4 Å². The van der Waals surface area contributed by atoms with E-state index in [9.17, 15) is 9.59 Å². The van der Waals surface area contributed by atoms with Crippen molar-refractivity contribution < 1.29 is 14.3 Å². The molecule has 2 N–H and O–H groups in total. The van der Waals surface area contributed by atoms with Crippen LogP contribution >= 0.6 is 0 Å². The first-order chi connectivity index (χ1) is 15.1. The predicted molar refractivity (Wildman–Crippen MR) is 119 cm³/mol. The molecule has 31 heavy (non-hydrogen) atoms. The van der Waals surface area contributed by atoms with E-state index in [1.807, 2.05) is 54.6 Å². The third-order valence-electron chi connectivity index (χ3n) is 7.32. The second-order valence-corrected chi connectivity index (χ2v) is 9.73. The van der Waals surface area contributed by atoms with Gasteiger partial charge in [-0.1, -0.05) is 30.3 Å². The number of carbonyl (C=O) groups is 2. The highest BCUT2D eigenvalue weighted by Gasteiger charge is 2.54. The second-order valence-electron chi connectivity index (χ2n) is 9.73. The Balaban J connectivity index is 1.09. The summed E-state index contributed by atoms with van der Waals surface area (Å²) in [5, 5.41) is 5.80. The Kier molecular flexibility index (Phi) is 5.43. The summed E-state index contributed by atoms with van der Waals surface area (Å²) in [5.41, 5.74) is 1.59. The lowest BCUT2D eigenvalue weighted by Gasteiger charge is -2.55. The van der Waals surface area contributed by atoms with Gasteiger partial charge in [0.15, 0.2) is 0 Å². The fourth-order valence-corrected chi connectivity index (χ4v) is 6.32. The molecule has 6 rings (SSSR count). The summed E-state index contributed by atoms with van der Waals surface area (Å²) in [6.07, 6.45) is 6.94. The number of benzene rings is 2. The van der Waals surface area contributed by atoms with Gasteiger partial charge in [-0.05, 0) is 86.1 Å². The number of amides is 2. The average molecular weight is 419 g/mol. The van der Waals surface area contributed by atoms with Gasteiger partial charge < -0.3 is 15.4 Å². The molecule has 2 amide bonds. The standard InChI is InChI=1S/C26H30N2O3/c29-24(16-27-25(30)26-13-19-10-20(14-26)12-21(11-19)15-26)28-22-6-8-23(9-7-22)31-17-18-4-2-1-3-5-18/h1-9,19-21H,10-17H2,(H,27,30)(H,28,29). The first kappa shape index (κ1) is 20.1. The van der Waals surface area contributed by atoms with Crippen molar-refractivity contribution in [2.75, 3.05) is 11.9 Å². The first-order valence-electron chi connectivity index (χ1n) is 11.4. The normalized spacial score (nSPS) is 28.2. The van der Waals surface area contributed by atoms with Crippen LogP contribution in [0.15, 0.2) is 54.6 Å². The van der Waals surface area contributed by atoms with Gasteiger partial charge in [0, 0.05) is 11.1 Å². The van der Waals surface area contributed by atoms with Crippen molar-refractivity contribution in [1.82, 2.24) is 5.32 Å². The highest BCUT2D eigenvalue weighted by molar-refractivity contribution is 5.95. The Morgan fingerprint density at radius 3 is 2.10 bits per heavy atom. The fourth-order valence-electron chi connectivity index (χ4n) is 6.32. The summed E-state index contributed by atoms with van der Waals surface area (Å²) >= 11 is 0. The van der Waals surface area contributed by atoms with E-state index >= 15 is 0 Å². The quantitative estimate of drug-likeness (QED) is 0.694. The summed E-state index contributed by atoms with van der Waals surface area (Å²) in [5.74, 6) is 2.79. The van der Waals surface area contributed by atoms with Crippen LogP contribution in [-0.2, 0) is 16.2 Å². The molecule has 0 saturated heterocycles. The van der Waals surface area contributed by atoms with Gasteiger partial charge in [-0.3, -0.25) is 9.59 Å². The second kappa shape index (κ2) is 8.37. The number of anilines is 1. The van der Waals surface area contributed by atoms with Gasteiger partial charge in [-0.15, -0.1) is 0 Å². The zero-order chi connectivity index (χ0) is 21.3. The molecule has 0 aromatic heterocycles. The number of hydrogen-bond donors (Lipinski definition) is 2. The SMILES string of the molecule is O=C(CNC(=O)C12CC3CC(CC(C3)C1)C2)Nc1ccc(OCc2ccccc2)cc1. The maximum atomic E-state index is 13.0. The van der Waals surface area contributed by atoms with Crippen LogP contribution in [0.5, 0.6) is 5.75 Å². The highest BCUT2D eigenvalue weighted by Crippen LogP contribution is 2.60. The summed E-state index contributed by atoms with van der Waals surface area (Å²) in [7, 11) is 0. The molecule has 4 fully saturated rings. The Hall–Kier alpha value is -2.82. The molecule has 0 unspecified atom stereocenters. The molecule has 2 aromatic carbocycles. The van der Waals surface area contributed by atoms with Gasteiger partial charge in [-0.2, -0.15) is 0 Å². The van der Waals surface area contributed by atoms with Crippen molar-refractivity contribution in [3.8, 4) is 5.75 Å². The lowest BCUT2D eigenvalue weighted by molar-refractivity contribution is -0.146. The summed E-state index contributed by atoms with van der Waals surface area (Å²) < 4.78 is 5.78. The molecule has 162 valence electrons. The summed E-state index contributed by atoms with van der Waals surface area (Å²) in [6, 6.07) is 17.3. The van der Waals surface area contributed by atoms with E-state index < -0.39 is 0 Å². The van der Waals surface area contributed by atoms with Crippen LogP contribution in [0.2, 0.25) is 0 Å². The molecule has 0 atom stereocenters. The number of nitrogens with one attached hydrogen (secondary N) is 2. The van der Waals surface area contributed by atoms with Gasteiger partial charge in [0.25, 0.3) is 0 Å². The van der Waals surface area contributed by atoms with Crippen molar-refractivity contribution >= 4 is 17.5 Å². The van der Waals surface area contributed by atoms with E-state index in [1.165, 1.54) is 19.3 Å². The molecule has 0 spiro atoms. The molecule has 4 saturated carbocycles. The lowest BCUT2D eigenvalue weighted by atomic mass is 9.49. The van der Waals surface area contributed by atoms with Crippen molar-refractivity contribution in [2.45, 2.75) is 45.1 Å². The van der Waals surface area contributed by atoms with E-state index in [1.54, 1.807) is 0 Å². The van der Waals surface area contributed by atoms with Crippen LogP contribution in [0.25, 0.3) is 0 Å². The molecule has 0 radical (unpaired) electrons. The van der Waals surface area contributed by atoms with Gasteiger partial charge in [0.1, 0.15) is 12.4 Å². The molecule has 4 bridgehead atoms. The molecule has 4 aliphatic carbocycles. The third kappa shape index (κ3) is 4.46. The van der Waals surface area contributed by atoms with Gasteiger partial charge in [0.2, 0.25) is 11.8 Å². The Bertz CT molecular complexity index is 904. The van der Waals surface area contributed by atoms with Crippen LogP contribution in [-0.4, -0.2) is 18.4 Å². The summed E-state index contributed by atoms with van der Waals surface area (Å²) in [4.78, 5) is 25.4. The Labute approximate surface area is 183 Å². The lowest BCUT2D eigenvalue weighted by Crippen LogP contribution is -2.54. The largest absolute Gasteiger partial charge is 0.489 e. The van der Waals surface area contributed by atoms with Gasteiger partial charge in [0.05, 0.1) is 6.54 Å². The smallest absolute Gasteiger partial charge is 0.243 e. The van der Waals surface area contributed by atoms with Crippen molar-refractivity contribution in [3.63, 3.8) is 0 Å². The van der Waals surface area contributed by atoms with E-state index in [4.69, 9.17) is 4.74 Å². The van der Waals surface area contributed by atoms with Crippen molar-refractivity contribution in [2.24, 2.45) is 23.2 Å². The summed E-state index contributed by atoms with van der Waals surface area (Å²) in [6.45, 7) is 0.524. The average Bonchev–Trinajstić information content (AvgIpc) is 2.77. The van der Waals surface area contributed by atoms with Crippen LogP contribution in [0, 0.1) is 23.2 Å². The molecule has 5 heteroatoms. The molecule has 0 heterocycles. The van der Waals surface area contributed by atoms with Crippen LogP contribution in [0.3, 0.4) is 0 Å². The zero-order valence-corrected chi connectivity index (χ0v) is 17.8. The molecule has 0 aliphatic heterocycles. The predicted octanol–water partition coefficient (Wildman–Crippen LogP) is 4.54. The molecular formula is C26H30N2O3. The van der Waals surface area contributed by atoms with Gasteiger partial charge in [-0.25, -0.2) is 0 Å². The van der Waals surface area contributed by atoms with Crippen LogP contribution in [0.1, 0.15) is 44.1 Å². The number of rotatable bonds is 7. The number of hydrogen-bond acceptors (Lipinski definition) is 3. The molecule has 4 aliphatic rings. The fraction of sp³-hybridized carbons (Fsp3) is 0.462. The molecule has 5 nitrogen and oxygen atoms in total. The third-order valence-corrected chi connectivity index (χ3v) is 7.32. The first-order valence-corrected chi connectivity index (χ1v) is 11.4. The highest BCUT2D eigenvalue weighted by atomic mass is 16.5. The Morgan fingerprint density at radius 1 is 0.871 bits per heavy atom. The maximum absolute atomic E-state index is 13.0. The molecule has 2 aromatic rings. The van der Waals surface area contributed by atoms with E-state index in [-0.39, 0.29) is 23.8 Å². The topological polar surface area (TPSA) is 67.4 Å². The monoisotopic (exact) mass is 418 g/mol. The van der Waals surface area contributed by atoms with Gasteiger partial charge >= 0.3 is 0 Å². The minimum atomic E-state index is -0.216. The number of ether oxygens (including phenoxy) is 1.